The summed E-state index contributed by atoms with van der Waals surface area (Å²) in [5.74, 6) is 0.740. The van der Waals surface area contributed by atoms with Crippen LogP contribution in [0.4, 0.5) is 5.69 Å². The lowest BCUT2D eigenvalue weighted by atomic mass is 9.89. The van der Waals surface area contributed by atoms with Crippen LogP contribution in [0.2, 0.25) is 5.02 Å². The monoisotopic (exact) mass is 375 g/mol. The average molecular weight is 377 g/mol. The highest BCUT2D eigenvalue weighted by Crippen LogP contribution is 2.26. The molecule has 0 radical (unpaired) electrons. The highest BCUT2D eigenvalue weighted by atomic mass is 79.9. The van der Waals surface area contributed by atoms with E-state index in [-0.39, 0.29) is 0 Å². The molecule has 0 bridgehead atoms. The largest absolute Gasteiger partial charge is 0.389 e. The summed E-state index contributed by atoms with van der Waals surface area (Å²) in [6.07, 6.45) is 4.57. The number of ether oxygens (including phenoxy) is 1. The summed E-state index contributed by atoms with van der Waals surface area (Å²) in [6.45, 7) is 3.11. The molecule has 1 aromatic rings. The predicted octanol–water partition coefficient (Wildman–Crippen LogP) is 4.47. The summed E-state index contributed by atoms with van der Waals surface area (Å²) in [6, 6.07) is 5.64. The number of anilines is 1. The fourth-order valence-electron chi connectivity index (χ4n) is 2.68. The second kappa shape index (κ2) is 8.37. The van der Waals surface area contributed by atoms with Crippen molar-refractivity contribution in [1.82, 2.24) is 0 Å². The highest BCUT2D eigenvalue weighted by Gasteiger charge is 2.20. The van der Waals surface area contributed by atoms with Crippen molar-refractivity contribution >= 4 is 33.2 Å². The first-order valence-electron chi connectivity index (χ1n) is 7.53. The van der Waals surface area contributed by atoms with Crippen LogP contribution in [0.5, 0.6) is 0 Å². The molecule has 2 rings (SSSR count). The van der Waals surface area contributed by atoms with Crippen LogP contribution in [-0.2, 0) is 4.74 Å². The number of aliphatic hydroxyl groups excluding tert-OH is 1. The summed E-state index contributed by atoms with van der Waals surface area (Å²) in [7, 11) is 0. The van der Waals surface area contributed by atoms with Crippen LogP contribution in [0.3, 0.4) is 0 Å². The Morgan fingerprint density at radius 1 is 1.48 bits per heavy atom. The maximum atomic E-state index is 10.0. The first kappa shape index (κ1) is 17.1. The number of hydrogen-bond donors (Lipinski definition) is 2. The first-order valence-corrected chi connectivity index (χ1v) is 8.70. The Kier molecular flexibility index (Phi) is 6.80. The quantitative estimate of drug-likeness (QED) is 0.769. The number of hydrogen-bond acceptors (Lipinski definition) is 3. The normalized spacial score (nSPS) is 23.8. The number of halogens is 2. The van der Waals surface area contributed by atoms with E-state index in [9.17, 15) is 5.11 Å². The van der Waals surface area contributed by atoms with Crippen molar-refractivity contribution < 1.29 is 9.84 Å². The summed E-state index contributed by atoms with van der Waals surface area (Å²) < 4.78 is 6.69. The molecule has 2 N–H and O–H groups in total. The van der Waals surface area contributed by atoms with Crippen LogP contribution in [0, 0.1) is 5.92 Å². The zero-order valence-electron chi connectivity index (χ0n) is 12.3. The topological polar surface area (TPSA) is 41.5 Å². The second-order valence-electron chi connectivity index (χ2n) is 5.89. The molecule has 21 heavy (non-hydrogen) atoms. The van der Waals surface area contributed by atoms with Crippen molar-refractivity contribution in [3.05, 3.63) is 27.7 Å². The third-order valence-electron chi connectivity index (χ3n) is 3.87. The van der Waals surface area contributed by atoms with Crippen molar-refractivity contribution in [2.75, 3.05) is 18.5 Å². The summed E-state index contributed by atoms with van der Waals surface area (Å²) in [5, 5.41) is 13.8. The van der Waals surface area contributed by atoms with E-state index in [0.717, 1.165) is 28.9 Å². The van der Waals surface area contributed by atoms with Crippen LogP contribution < -0.4 is 5.32 Å². The molecule has 0 aromatic heterocycles. The summed E-state index contributed by atoms with van der Waals surface area (Å²) in [4.78, 5) is 0. The molecular weight excluding hydrogens is 354 g/mol. The van der Waals surface area contributed by atoms with Crippen molar-refractivity contribution in [3.8, 4) is 0 Å². The van der Waals surface area contributed by atoms with Gasteiger partial charge in [-0.2, -0.15) is 0 Å². The molecule has 1 aliphatic carbocycles. The van der Waals surface area contributed by atoms with Gasteiger partial charge < -0.3 is 15.2 Å². The fraction of sp³-hybridized carbons (Fsp3) is 0.625. The van der Waals surface area contributed by atoms with Crippen LogP contribution in [-0.4, -0.2) is 30.5 Å². The zero-order valence-corrected chi connectivity index (χ0v) is 14.7. The van der Waals surface area contributed by atoms with E-state index in [1.807, 2.05) is 18.2 Å². The molecule has 3 atom stereocenters. The molecule has 0 saturated heterocycles. The summed E-state index contributed by atoms with van der Waals surface area (Å²) in [5.41, 5.74) is 0.897. The second-order valence-corrected chi connectivity index (χ2v) is 7.15. The Morgan fingerprint density at radius 2 is 2.29 bits per heavy atom. The number of rotatable bonds is 6. The van der Waals surface area contributed by atoms with Crippen LogP contribution >= 0.6 is 27.5 Å². The van der Waals surface area contributed by atoms with Gasteiger partial charge in [0, 0.05) is 16.7 Å². The van der Waals surface area contributed by atoms with Gasteiger partial charge in [0.1, 0.15) is 0 Å². The van der Waals surface area contributed by atoms with Gasteiger partial charge in [0.05, 0.1) is 23.8 Å². The van der Waals surface area contributed by atoms with Gasteiger partial charge in [-0.1, -0.05) is 31.4 Å². The van der Waals surface area contributed by atoms with Gasteiger partial charge in [0.2, 0.25) is 0 Å². The molecule has 5 heteroatoms. The van der Waals surface area contributed by atoms with E-state index in [1.165, 1.54) is 12.8 Å². The van der Waals surface area contributed by atoms with Gasteiger partial charge in [0.15, 0.2) is 0 Å². The van der Waals surface area contributed by atoms with Gasteiger partial charge >= 0.3 is 0 Å². The molecule has 1 aromatic carbocycles. The highest BCUT2D eigenvalue weighted by molar-refractivity contribution is 9.10. The minimum atomic E-state index is -0.510. The molecule has 3 nitrogen and oxygen atoms in total. The Bertz CT molecular complexity index is 458. The number of benzene rings is 1. The van der Waals surface area contributed by atoms with Crippen molar-refractivity contribution in [3.63, 3.8) is 0 Å². The lowest BCUT2D eigenvalue weighted by Crippen LogP contribution is -2.30. The first-order chi connectivity index (χ1) is 10.0. The lowest BCUT2D eigenvalue weighted by molar-refractivity contribution is -0.0274. The van der Waals surface area contributed by atoms with E-state index < -0.39 is 6.10 Å². The molecule has 3 unspecified atom stereocenters. The van der Waals surface area contributed by atoms with Crippen molar-refractivity contribution in [2.45, 2.75) is 44.8 Å². The maximum absolute atomic E-state index is 10.0. The lowest BCUT2D eigenvalue weighted by Gasteiger charge is -2.27. The SMILES string of the molecule is CC1CCCC(OCC(O)CNc2ccc(Br)c(Cl)c2)C1. The summed E-state index contributed by atoms with van der Waals surface area (Å²) >= 11 is 9.39. The van der Waals surface area contributed by atoms with Crippen LogP contribution in [0.15, 0.2) is 22.7 Å². The molecule has 1 saturated carbocycles. The van der Waals surface area contributed by atoms with Crippen LogP contribution in [0.1, 0.15) is 32.6 Å². The standard InChI is InChI=1S/C16H23BrClNO2/c1-11-3-2-4-14(7-11)21-10-13(20)9-19-12-5-6-15(17)16(18)8-12/h5-6,8,11,13-14,19-20H,2-4,7,9-10H2,1H3. The zero-order chi connectivity index (χ0) is 15.2. The van der Waals surface area contributed by atoms with E-state index in [1.54, 1.807) is 0 Å². The van der Waals surface area contributed by atoms with Crippen molar-refractivity contribution in [1.29, 1.82) is 0 Å². The molecular formula is C16H23BrClNO2. The van der Waals surface area contributed by atoms with E-state index in [2.05, 4.69) is 28.2 Å². The number of nitrogens with one attached hydrogen (secondary N) is 1. The fourth-order valence-corrected chi connectivity index (χ4v) is 3.10. The van der Waals surface area contributed by atoms with Gasteiger partial charge in [-0.15, -0.1) is 0 Å². The van der Waals surface area contributed by atoms with E-state index in [0.29, 0.717) is 24.3 Å². The Labute approximate surface area is 140 Å². The molecule has 1 fully saturated rings. The van der Waals surface area contributed by atoms with E-state index in [4.69, 9.17) is 16.3 Å². The minimum Gasteiger partial charge on any atom is -0.389 e. The molecule has 0 amide bonds. The van der Waals surface area contributed by atoms with Gasteiger partial charge in [0.25, 0.3) is 0 Å². The number of aliphatic hydroxyl groups is 1. The predicted molar refractivity (Wildman–Crippen MR) is 91.0 cm³/mol. The maximum Gasteiger partial charge on any atom is 0.0945 e. The molecule has 0 heterocycles. The van der Waals surface area contributed by atoms with Crippen LogP contribution in [0.25, 0.3) is 0 Å². The minimum absolute atomic E-state index is 0.311. The Balaban J connectivity index is 1.69. The van der Waals surface area contributed by atoms with Gasteiger partial charge in [-0.3, -0.25) is 0 Å². The molecule has 118 valence electrons. The molecule has 0 aliphatic heterocycles. The smallest absolute Gasteiger partial charge is 0.0945 e. The van der Waals surface area contributed by atoms with Crippen molar-refractivity contribution in [2.24, 2.45) is 5.92 Å². The average Bonchev–Trinajstić information content (AvgIpc) is 2.46. The van der Waals surface area contributed by atoms with E-state index >= 15 is 0 Å². The van der Waals surface area contributed by atoms with Gasteiger partial charge in [-0.25, -0.2) is 0 Å². The third kappa shape index (κ3) is 5.78. The van der Waals surface area contributed by atoms with Gasteiger partial charge in [-0.05, 0) is 52.9 Å². The Morgan fingerprint density at radius 3 is 3.00 bits per heavy atom. The Hall–Kier alpha value is -0.290. The molecule has 1 aliphatic rings. The molecule has 0 spiro atoms. The third-order valence-corrected chi connectivity index (χ3v) is 5.11.